The summed E-state index contributed by atoms with van der Waals surface area (Å²) in [4.78, 5) is 37.0. The maximum absolute atomic E-state index is 12.4. The number of amides is 3. The molecule has 0 aromatic rings. The van der Waals surface area contributed by atoms with E-state index in [2.05, 4.69) is 5.32 Å². The Morgan fingerprint density at radius 1 is 1.32 bits per heavy atom. The molecule has 3 aliphatic rings. The Balaban J connectivity index is 1.68. The zero-order valence-electron chi connectivity index (χ0n) is 10.8. The first-order valence-corrected chi connectivity index (χ1v) is 6.91. The zero-order chi connectivity index (χ0) is 13.4. The van der Waals surface area contributed by atoms with E-state index in [1.54, 1.807) is 4.90 Å². The van der Waals surface area contributed by atoms with Crippen molar-refractivity contribution in [3.63, 3.8) is 0 Å². The van der Waals surface area contributed by atoms with E-state index in [1.165, 1.54) is 0 Å². The molecule has 0 aromatic carbocycles. The first-order chi connectivity index (χ1) is 9.15. The molecule has 3 amide bonds. The summed E-state index contributed by atoms with van der Waals surface area (Å²) in [5.74, 6) is -0.674. The molecule has 1 N–H and O–H groups in total. The number of imide groups is 1. The highest BCUT2D eigenvalue weighted by Crippen LogP contribution is 2.32. The number of hydrogen-bond acceptors (Lipinski definition) is 4. The molecule has 0 spiro atoms. The Labute approximate surface area is 111 Å². The van der Waals surface area contributed by atoms with Crippen molar-refractivity contribution in [2.24, 2.45) is 0 Å². The van der Waals surface area contributed by atoms with Gasteiger partial charge in [-0.2, -0.15) is 0 Å². The van der Waals surface area contributed by atoms with Crippen LogP contribution in [0.4, 0.5) is 0 Å². The van der Waals surface area contributed by atoms with Crippen LogP contribution in [0.15, 0.2) is 0 Å². The summed E-state index contributed by atoms with van der Waals surface area (Å²) in [5, 5.41) is 2.28. The van der Waals surface area contributed by atoms with E-state index in [1.807, 2.05) is 0 Å². The van der Waals surface area contributed by atoms with Crippen molar-refractivity contribution in [2.45, 2.75) is 56.7 Å². The molecule has 6 heteroatoms. The molecule has 0 aromatic heterocycles. The van der Waals surface area contributed by atoms with E-state index in [4.69, 9.17) is 4.74 Å². The molecular formula is C13H18N2O4. The quantitative estimate of drug-likeness (QED) is 0.725. The molecule has 19 heavy (non-hydrogen) atoms. The summed E-state index contributed by atoms with van der Waals surface area (Å²) in [7, 11) is 0. The highest BCUT2D eigenvalue weighted by Gasteiger charge is 2.44. The van der Waals surface area contributed by atoms with Crippen molar-refractivity contribution in [1.29, 1.82) is 0 Å². The Morgan fingerprint density at radius 2 is 2.11 bits per heavy atom. The first kappa shape index (κ1) is 12.6. The lowest BCUT2D eigenvalue weighted by molar-refractivity contribution is -0.141. The standard InChI is InChI=1S/C13H18N2O4/c16-11-7-10(13(18)14-11)15(8-3-4-8)12(17)6-9-2-1-5-19-9/h8-10H,1-7H2,(H,14,16,18)/t9-,10-/m0/s1. The second-order valence-corrected chi connectivity index (χ2v) is 5.50. The number of ether oxygens (including phenoxy) is 1. The van der Waals surface area contributed by atoms with E-state index in [9.17, 15) is 14.4 Å². The van der Waals surface area contributed by atoms with Gasteiger partial charge in [-0.05, 0) is 25.7 Å². The van der Waals surface area contributed by atoms with Gasteiger partial charge < -0.3 is 9.64 Å². The van der Waals surface area contributed by atoms with Gasteiger partial charge in [0.25, 0.3) is 0 Å². The van der Waals surface area contributed by atoms with Crippen molar-refractivity contribution >= 4 is 17.7 Å². The molecule has 3 fully saturated rings. The van der Waals surface area contributed by atoms with Crippen molar-refractivity contribution < 1.29 is 19.1 Å². The van der Waals surface area contributed by atoms with Crippen molar-refractivity contribution in [2.75, 3.05) is 6.61 Å². The normalized spacial score (nSPS) is 30.5. The van der Waals surface area contributed by atoms with Crippen LogP contribution in [0, 0.1) is 0 Å². The van der Waals surface area contributed by atoms with Crippen LogP contribution in [0.2, 0.25) is 0 Å². The van der Waals surface area contributed by atoms with Gasteiger partial charge >= 0.3 is 0 Å². The average molecular weight is 266 g/mol. The number of carbonyl (C=O) groups is 3. The molecule has 2 aliphatic heterocycles. The topological polar surface area (TPSA) is 75.7 Å². The third-order valence-electron chi connectivity index (χ3n) is 3.93. The number of nitrogens with zero attached hydrogens (tertiary/aromatic N) is 1. The molecule has 2 heterocycles. The minimum atomic E-state index is -0.603. The molecule has 2 saturated heterocycles. The number of carbonyl (C=O) groups excluding carboxylic acids is 3. The molecular weight excluding hydrogens is 248 g/mol. The van der Waals surface area contributed by atoms with Gasteiger partial charge in [-0.1, -0.05) is 0 Å². The molecule has 0 bridgehead atoms. The lowest BCUT2D eigenvalue weighted by Gasteiger charge is -2.27. The van der Waals surface area contributed by atoms with Gasteiger partial charge in [0.05, 0.1) is 18.9 Å². The second kappa shape index (κ2) is 4.92. The fraction of sp³-hybridized carbons (Fsp3) is 0.769. The summed E-state index contributed by atoms with van der Waals surface area (Å²) in [6.45, 7) is 0.712. The maximum Gasteiger partial charge on any atom is 0.249 e. The minimum absolute atomic E-state index is 0.0195. The van der Waals surface area contributed by atoms with Crippen LogP contribution in [-0.4, -0.2) is 47.4 Å². The fourth-order valence-corrected chi connectivity index (χ4v) is 2.85. The van der Waals surface area contributed by atoms with E-state index in [0.29, 0.717) is 13.0 Å². The third-order valence-corrected chi connectivity index (χ3v) is 3.93. The van der Waals surface area contributed by atoms with Gasteiger partial charge in [0, 0.05) is 12.6 Å². The number of nitrogens with one attached hydrogen (secondary N) is 1. The molecule has 2 atom stereocenters. The monoisotopic (exact) mass is 266 g/mol. The van der Waals surface area contributed by atoms with Crippen LogP contribution >= 0.6 is 0 Å². The highest BCUT2D eigenvalue weighted by atomic mass is 16.5. The van der Waals surface area contributed by atoms with Crippen LogP contribution in [0.1, 0.15) is 38.5 Å². The Morgan fingerprint density at radius 3 is 2.63 bits per heavy atom. The Bertz CT molecular complexity index is 413. The van der Waals surface area contributed by atoms with Gasteiger partial charge in [0.2, 0.25) is 17.7 Å². The van der Waals surface area contributed by atoms with E-state index >= 15 is 0 Å². The Hall–Kier alpha value is -1.43. The molecule has 6 nitrogen and oxygen atoms in total. The van der Waals surface area contributed by atoms with Crippen LogP contribution in [0.5, 0.6) is 0 Å². The van der Waals surface area contributed by atoms with Crippen LogP contribution in [0.3, 0.4) is 0 Å². The number of hydrogen-bond donors (Lipinski definition) is 1. The van der Waals surface area contributed by atoms with Gasteiger partial charge in [-0.25, -0.2) is 0 Å². The van der Waals surface area contributed by atoms with Crippen LogP contribution < -0.4 is 5.32 Å². The predicted molar refractivity (Wildman–Crippen MR) is 65.0 cm³/mol. The van der Waals surface area contributed by atoms with Gasteiger partial charge in [-0.3, -0.25) is 19.7 Å². The first-order valence-electron chi connectivity index (χ1n) is 6.91. The fourth-order valence-electron chi connectivity index (χ4n) is 2.85. The molecule has 1 aliphatic carbocycles. The number of rotatable bonds is 4. The zero-order valence-corrected chi connectivity index (χ0v) is 10.8. The highest BCUT2D eigenvalue weighted by molar-refractivity contribution is 6.06. The summed E-state index contributed by atoms with van der Waals surface area (Å²) < 4.78 is 5.47. The molecule has 3 rings (SSSR count). The van der Waals surface area contributed by atoms with E-state index < -0.39 is 6.04 Å². The SMILES string of the molecule is O=C1C[C@H](N(C(=O)C[C@@H]2CCCO2)C2CC2)C(=O)N1. The van der Waals surface area contributed by atoms with Crippen LogP contribution in [0.25, 0.3) is 0 Å². The minimum Gasteiger partial charge on any atom is -0.378 e. The summed E-state index contributed by atoms with van der Waals surface area (Å²) in [6, 6.07) is -0.468. The summed E-state index contributed by atoms with van der Waals surface area (Å²) in [5.41, 5.74) is 0. The molecule has 0 radical (unpaired) electrons. The molecule has 1 saturated carbocycles. The van der Waals surface area contributed by atoms with E-state index in [-0.39, 0.29) is 36.3 Å². The van der Waals surface area contributed by atoms with Crippen molar-refractivity contribution in [3.05, 3.63) is 0 Å². The van der Waals surface area contributed by atoms with Gasteiger partial charge in [-0.15, -0.1) is 0 Å². The average Bonchev–Trinajstić information content (AvgIpc) is 2.94. The second-order valence-electron chi connectivity index (χ2n) is 5.50. The Kier molecular flexibility index (Phi) is 3.26. The van der Waals surface area contributed by atoms with Crippen molar-refractivity contribution in [3.8, 4) is 0 Å². The lowest BCUT2D eigenvalue weighted by Crippen LogP contribution is -2.46. The summed E-state index contributed by atoms with van der Waals surface area (Å²) in [6.07, 6.45) is 4.16. The summed E-state index contributed by atoms with van der Waals surface area (Å²) >= 11 is 0. The van der Waals surface area contributed by atoms with Gasteiger partial charge in [0.15, 0.2) is 0 Å². The third kappa shape index (κ3) is 2.63. The van der Waals surface area contributed by atoms with Crippen molar-refractivity contribution in [1.82, 2.24) is 10.2 Å². The smallest absolute Gasteiger partial charge is 0.249 e. The maximum atomic E-state index is 12.4. The van der Waals surface area contributed by atoms with Crippen LogP contribution in [-0.2, 0) is 19.1 Å². The van der Waals surface area contributed by atoms with Gasteiger partial charge in [0.1, 0.15) is 6.04 Å². The largest absolute Gasteiger partial charge is 0.378 e. The van der Waals surface area contributed by atoms with E-state index in [0.717, 1.165) is 25.7 Å². The molecule has 104 valence electrons. The molecule has 0 unspecified atom stereocenters. The lowest BCUT2D eigenvalue weighted by atomic mass is 10.1. The predicted octanol–water partition coefficient (Wildman–Crippen LogP) is -0.0384.